The zero-order valence-corrected chi connectivity index (χ0v) is 11.7. The third kappa shape index (κ3) is 3.14. The van der Waals surface area contributed by atoms with Crippen molar-refractivity contribution in [3.05, 3.63) is 53.2 Å². The van der Waals surface area contributed by atoms with Crippen LogP contribution in [0.25, 0.3) is 0 Å². The normalized spacial score (nSPS) is 17.6. The molecule has 2 heterocycles. The van der Waals surface area contributed by atoms with Gasteiger partial charge in [0.2, 0.25) is 5.89 Å². The number of amides is 1. The van der Waals surface area contributed by atoms with Crippen LogP contribution in [-0.4, -0.2) is 17.4 Å². The lowest BCUT2D eigenvalue weighted by Gasteiger charge is -2.05. The van der Waals surface area contributed by atoms with Gasteiger partial charge in [0.15, 0.2) is 5.69 Å². The van der Waals surface area contributed by atoms with Gasteiger partial charge in [0, 0.05) is 18.2 Å². The average Bonchev–Trinajstić information content (AvgIpc) is 3.17. The highest BCUT2D eigenvalue weighted by Crippen LogP contribution is 2.22. The third-order valence-corrected chi connectivity index (χ3v) is 3.57. The van der Waals surface area contributed by atoms with Crippen LogP contribution in [0.4, 0.5) is 8.78 Å². The number of carbonyl (C=O) groups is 1. The number of carbonyl (C=O) groups excluding carboxylic acids is 1. The molecule has 0 radical (unpaired) electrons. The molecule has 5 nitrogen and oxygen atoms in total. The number of halogens is 2. The first-order valence-corrected chi connectivity index (χ1v) is 7.04. The number of oxazole rings is 1. The number of nitrogens with zero attached hydrogens (tertiary/aromatic N) is 1. The number of hydrogen-bond donors (Lipinski definition) is 2. The van der Waals surface area contributed by atoms with Gasteiger partial charge in [0.25, 0.3) is 5.91 Å². The van der Waals surface area contributed by atoms with Gasteiger partial charge < -0.3 is 15.1 Å². The SMILES string of the molecule is O=C(NCc1ccc(F)cc1F)c1coc(C2CCCN2)n1. The largest absolute Gasteiger partial charge is 0.446 e. The predicted octanol–water partition coefficient (Wildman–Crippen LogP) is 2.31. The molecule has 1 unspecified atom stereocenters. The van der Waals surface area contributed by atoms with E-state index in [0.29, 0.717) is 5.89 Å². The highest BCUT2D eigenvalue weighted by atomic mass is 19.1. The topological polar surface area (TPSA) is 67.2 Å². The van der Waals surface area contributed by atoms with Crippen LogP contribution in [0.1, 0.15) is 40.8 Å². The van der Waals surface area contributed by atoms with E-state index in [2.05, 4.69) is 15.6 Å². The lowest BCUT2D eigenvalue weighted by molar-refractivity contribution is 0.0945. The van der Waals surface area contributed by atoms with E-state index in [0.717, 1.165) is 31.5 Å². The van der Waals surface area contributed by atoms with E-state index in [1.165, 1.54) is 12.3 Å². The van der Waals surface area contributed by atoms with E-state index in [1.807, 2.05) is 0 Å². The lowest BCUT2D eigenvalue weighted by Crippen LogP contribution is -2.24. The molecular formula is C15H15F2N3O2. The predicted molar refractivity (Wildman–Crippen MR) is 74.0 cm³/mol. The van der Waals surface area contributed by atoms with Gasteiger partial charge in [-0.05, 0) is 25.5 Å². The van der Waals surface area contributed by atoms with E-state index in [-0.39, 0.29) is 23.8 Å². The standard InChI is InChI=1S/C15H15F2N3O2/c16-10-4-3-9(11(17)6-10)7-19-14(21)13-8-22-15(20-13)12-2-1-5-18-12/h3-4,6,8,12,18H,1-2,5,7H2,(H,19,21). The van der Waals surface area contributed by atoms with Gasteiger partial charge in [0.1, 0.15) is 17.9 Å². The number of rotatable bonds is 4. The van der Waals surface area contributed by atoms with Gasteiger partial charge in [-0.25, -0.2) is 13.8 Å². The molecule has 1 fully saturated rings. The second kappa shape index (κ2) is 6.23. The van der Waals surface area contributed by atoms with Gasteiger partial charge >= 0.3 is 0 Å². The fourth-order valence-corrected chi connectivity index (χ4v) is 2.38. The van der Waals surface area contributed by atoms with Gasteiger partial charge in [-0.3, -0.25) is 4.79 Å². The Morgan fingerprint density at radius 3 is 3.05 bits per heavy atom. The molecule has 3 rings (SSSR count). The molecule has 0 saturated carbocycles. The zero-order chi connectivity index (χ0) is 15.5. The Hall–Kier alpha value is -2.28. The van der Waals surface area contributed by atoms with E-state index < -0.39 is 17.5 Å². The Morgan fingerprint density at radius 2 is 2.32 bits per heavy atom. The average molecular weight is 307 g/mol. The molecule has 2 aromatic rings. The molecule has 22 heavy (non-hydrogen) atoms. The third-order valence-electron chi connectivity index (χ3n) is 3.57. The zero-order valence-electron chi connectivity index (χ0n) is 11.7. The van der Waals surface area contributed by atoms with Gasteiger partial charge in [-0.1, -0.05) is 6.07 Å². The second-order valence-electron chi connectivity index (χ2n) is 5.14. The van der Waals surface area contributed by atoms with Crippen LogP contribution in [0.2, 0.25) is 0 Å². The highest BCUT2D eigenvalue weighted by molar-refractivity contribution is 5.91. The summed E-state index contributed by atoms with van der Waals surface area (Å²) in [6, 6.07) is 3.25. The summed E-state index contributed by atoms with van der Waals surface area (Å²) in [6.45, 7) is 0.854. The summed E-state index contributed by atoms with van der Waals surface area (Å²) in [5.74, 6) is -1.33. The van der Waals surface area contributed by atoms with Crippen molar-refractivity contribution in [2.75, 3.05) is 6.54 Å². The minimum atomic E-state index is -0.698. The molecule has 1 aromatic carbocycles. The van der Waals surface area contributed by atoms with Crippen LogP contribution in [0.3, 0.4) is 0 Å². The first-order valence-electron chi connectivity index (χ1n) is 7.04. The minimum Gasteiger partial charge on any atom is -0.446 e. The Morgan fingerprint density at radius 1 is 1.45 bits per heavy atom. The van der Waals surface area contributed by atoms with Crippen LogP contribution < -0.4 is 10.6 Å². The molecule has 1 saturated heterocycles. The summed E-state index contributed by atoms with van der Waals surface area (Å²) in [4.78, 5) is 16.1. The maximum atomic E-state index is 13.5. The number of hydrogen-bond acceptors (Lipinski definition) is 4. The molecule has 0 spiro atoms. The molecule has 1 atom stereocenters. The molecule has 1 amide bonds. The van der Waals surface area contributed by atoms with Crippen LogP contribution in [0.5, 0.6) is 0 Å². The summed E-state index contributed by atoms with van der Waals surface area (Å²) >= 11 is 0. The van der Waals surface area contributed by atoms with Crippen molar-refractivity contribution >= 4 is 5.91 Å². The Balaban J connectivity index is 1.62. The van der Waals surface area contributed by atoms with Crippen LogP contribution in [0.15, 0.2) is 28.9 Å². The van der Waals surface area contributed by atoms with Crippen molar-refractivity contribution in [1.29, 1.82) is 0 Å². The van der Waals surface area contributed by atoms with E-state index >= 15 is 0 Å². The number of benzene rings is 1. The summed E-state index contributed by atoms with van der Waals surface area (Å²) in [5, 5.41) is 5.76. The molecular weight excluding hydrogens is 292 g/mol. The Labute approximate surface area is 125 Å². The fourth-order valence-electron chi connectivity index (χ4n) is 2.38. The van der Waals surface area contributed by atoms with E-state index in [9.17, 15) is 13.6 Å². The molecule has 0 bridgehead atoms. The Kier molecular flexibility index (Phi) is 4.15. The quantitative estimate of drug-likeness (QED) is 0.909. The molecule has 2 N–H and O–H groups in total. The summed E-state index contributed by atoms with van der Waals surface area (Å²) in [5.41, 5.74) is 0.349. The Bertz CT molecular complexity index is 681. The maximum absolute atomic E-state index is 13.5. The van der Waals surface area contributed by atoms with Crippen molar-refractivity contribution in [3.63, 3.8) is 0 Å². The van der Waals surface area contributed by atoms with Crippen molar-refractivity contribution in [1.82, 2.24) is 15.6 Å². The summed E-state index contributed by atoms with van der Waals surface area (Å²) in [6.07, 6.45) is 3.24. The van der Waals surface area contributed by atoms with Crippen molar-refractivity contribution < 1.29 is 18.0 Å². The molecule has 7 heteroatoms. The molecule has 0 aliphatic carbocycles. The first kappa shape index (κ1) is 14.6. The van der Waals surface area contributed by atoms with Crippen LogP contribution in [0, 0.1) is 11.6 Å². The summed E-state index contributed by atoms with van der Waals surface area (Å²) in [7, 11) is 0. The van der Waals surface area contributed by atoms with Gasteiger partial charge in [-0.2, -0.15) is 0 Å². The minimum absolute atomic E-state index is 0.0380. The molecule has 1 aliphatic rings. The molecule has 1 aromatic heterocycles. The smallest absolute Gasteiger partial charge is 0.273 e. The number of aromatic nitrogens is 1. The van der Waals surface area contributed by atoms with Crippen molar-refractivity contribution in [2.24, 2.45) is 0 Å². The highest BCUT2D eigenvalue weighted by Gasteiger charge is 2.22. The van der Waals surface area contributed by atoms with Crippen LogP contribution >= 0.6 is 0 Å². The van der Waals surface area contributed by atoms with Crippen molar-refractivity contribution in [2.45, 2.75) is 25.4 Å². The lowest BCUT2D eigenvalue weighted by atomic mass is 10.2. The maximum Gasteiger partial charge on any atom is 0.273 e. The van der Waals surface area contributed by atoms with E-state index in [1.54, 1.807) is 0 Å². The fraction of sp³-hybridized carbons (Fsp3) is 0.333. The van der Waals surface area contributed by atoms with Gasteiger partial charge in [-0.15, -0.1) is 0 Å². The molecule has 1 aliphatic heterocycles. The van der Waals surface area contributed by atoms with Crippen LogP contribution in [-0.2, 0) is 6.54 Å². The molecule has 116 valence electrons. The van der Waals surface area contributed by atoms with Crippen molar-refractivity contribution in [3.8, 4) is 0 Å². The summed E-state index contributed by atoms with van der Waals surface area (Å²) < 4.78 is 31.6. The van der Waals surface area contributed by atoms with E-state index in [4.69, 9.17) is 4.42 Å². The van der Waals surface area contributed by atoms with Gasteiger partial charge in [0.05, 0.1) is 6.04 Å². The monoisotopic (exact) mass is 307 g/mol. The number of nitrogens with one attached hydrogen (secondary N) is 2. The second-order valence-corrected chi connectivity index (χ2v) is 5.14. The first-order chi connectivity index (χ1) is 10.6.